The summed E-state index contributed by atoms with van der Waals surface area (Å²) < 4.78 is 0. The zero-order chi connectivity index (χ0) is 15.5. The Morgan fingerprint density at radius 1 is 1.40 bits per heavy atom. The minimum absolute atomic E-state index is 0.0652. The highest BCUT2D eigenvalue weighted by Gasteiger charge is 2.27. The summed E-state index contributed by atoms with van der Waals surface area (Å²) in [5.74, 6) is -1.52. The van der Waals surface area contributed by atoms with Crippen LogP contribution < -0.4 is 11.1 Å². The van der Waals surface area contributed by atoms with E-state index in [1.807, 2.05) is 20.8 Å². The van der Waals surface area contributed by atoms with Crippen LogP contribution in [0.25, 0.3) is 0 Å². The Bertz CT molecular complexity index is 524. The van der Waals surface area contributed by atoms with Crippen molar-refractivity contribution in [3.05, 3.63) is 28.8 Å². The van der Waals surface area contributed by atoms with Crippen LogP contribution in [-0.4, -0.2) is 23.0 Å². The number of carboxylic acid groups (broad SMARTS) is 1. The molecule has 0 aromatic heterocycles. The highest BCUT2D eigenvalue weighted by molar-refractivity contribution is 6.31. The van der Waals surface area contributed by atoms with Crippen LogP contribution in [0.2, 0.25) is 5.02 Å². The van der Waals surface area contributed by atoms with Gasteiger partial charge in [0.05, 0.1) is 12.0 Å². The lowest BCUT2D eigenvalue weighted by atomic mass is 9.84. The topological polar surface area (TPSA) is 92.4 Å². The number of amides is 1. The first-order valence-corrected chi connectivity index (χ1v) is 6.56. The maximum absolute atomic E-state index is 11.4. The van der Waals surface area contributed by atoms with Gasteiger partial charge in [-0.1, -0.05) is 32.4 Å². The number of primary amides is 1. The van der Waals surface area contributed by atoms with E-state index >= 15 is 0 Å². The molecule has 0 spiro atoms. The quantitative estimate of drug-likeness (QED) is 0.779. The number of aliphatic carboxylic acids is 1. The molecular weight excluding hydrogens is 280 g/mol. The Kier molecular flexibility index (Phi) is 5.00. The molecule has 1 aromatic rings. The molecule has 0 saturated carbocycles. The monoisotopic (exact) mass is 298 g/mol. The normalized spacial score (nSPS) is 12.8. The minimum atomic E-state index is -0.910. The minimum Gasteiger partial charge on any atom is -0.481 e. The molecule has 6 heteroatoms. The fourth-order valence-corrected chi connectivity index (χ4v) is 1.95. The highest BCUT2D eigenvalue weighted by Crippen LogP contribution is 2.28. The zero-order valence-corrected chi connectivity index (χ0v) is 12.5. The summed E-state index contributed by atoms with van der Waals surface area (Å²) in [5.41, 5.74) is 5.75. The second-order valence-corrected chi connectivity index (χ2v) is 6.15. The van der Waals surface area contributed by atoms with Crippen molar-refractivity contribution in [3.63, 3.8) is 0 Å². The summed E-state index contributed by atoms with van der Waals surface area (Å²) in [7, 11) is 0. The van der Waals surface area contributed by atoms with Gasteiger partial charge >= 0.3 is 5.97 Å². The van der Waals surface area contributed by atoms with E-state index in [0.717, 1.165) is 0 Å². The van der Waals surface area contributed by atoms with E-state index in [0.29, 0.717) is 10.7 Å². The Morgan fingerprint density at radius 2 is 2.00 bits per heavy atom. The van der Waals surface area contributed by atoms with E-state index in [4.69, 9.17) is 22.4 Å². The largest absolute Gasteiger partial charge is 0.481 e. The van der Waals surface area contributed by atoms with Crippen LogP contribution in [0.4, 0.5) is 5.69 Å². The van der Waals surface area contributed by atoms with Gasteiger partial charge < -0.3 is 16.2 Å². The summed E-state index contributed by atoms with van der Waals surface area (Å²) in [6.07, 6.45) is -0.0652. The number of hydrogen-bond donors (Lipinski definition) is 3. The molecule has 0 aliphatic rings. The Hall–Kier alpha value is -1.75. The SMILES string of the molecule is CC(C)(C)C(CC(=O)O)Nc1ccc(Cl)cc1C(N)=O. The van der Waals surface area contributed by atoms with Crippen LogP contribution in [-0.2, 0) is 4.79 Å². The number of rotatable bonds is 5. The number of carbonyl (C=O) groups excluding carboxylic acids is 1. The molecule has 110 valence electrons. The van der Waals surface area contributed by atoms with Crippen LogP contribution in [0.5, 0.6) is 0 Å². The third-order valence-electron chi connectivity index (χ3n) is 3.00. The number of carboxylic acids is 1. The number of hydrogen-bond acceptors (Lipinski definition) is 3. The first-order chi connectivity index (χ1) is 9.11. The molecule has 1 unspecified atom stereocenters. The summed E-state index contributed by atoms with van der Waals surface area (Å²) >= 11 is 5.84. The third-order valence-corrected chi connectivity index (χ3v) is 3.24. The Labute approximate surface area is 123 Å². The van der Waals surface area contributed by atoms with Gasteiger partial charge in [0.2, 0.25) is 0 Å². The van der Waals surface area contributed by atoms with Gasteiger partial charge in [-0.05, 0) is 23.6 Å². The molecule has 4 N–H and O–H groups in total. The summed E-state index contributed by atoms with van der Waals surface area (Å²) in [5, 5.41) is 12.5. The van der Waals surface area contributed by atoms with E-state index in [1.165, 1.54) is 6.07 Å². The van der Waals surface area contributed by atoms with Gasteiger partial charge in [-0.15, -0.1) is 0 Å². The molecule has 1 amide bonds. The molecule has 20 heavy (non-hydrogen) atoms. The van der Waals surface area contributed by atoms with Crippen LogP contribution in [0.3, 0.4) is 0 Å². The fraction of sp³-hybridized carbons (Fsp3) is 0.429. The zero-order valence-electron chi connectivity index (χ0n) is 11.7. The smallest absolute Gasteiger partial charge is 0.305 e. The average molecular weight is 299 g/mol. The van der Waals surface area contributed by atoms with Gasteiger partial charge in [0, 0.05) is 16.8 Å². The Balaban J connectivity index is 3.11. The molecule has 0 bridgehead atoms. The third kappa shape index (κ3) is 4.42. The molecule has 1 atom stereocenters. The van der Waals surface area contributed by atoms with Crippen molar-refractivity contribution in [2.24, 2.45) is 11.1 Å². The fourth-order valence-electron chi connectivity index (χ4n) is 1.78. The maximum atomic E-state index is 11.4. The molecular formula is C14H19ClN2O3. The van der Waals surface area contributed by atoms with Gasteiger partial charge in [0.25, 0.3) is 5.91 Å². The number of anilines is 1. The summed E-state index contributed by atoms with van der Waals surface area (Å²) in [6, 6.07) is 4.37. The van der Waals surface area contributed by atoms with Crippen LogP contribution in [0, 0.1) is 5.41 Å². The summed E-state index contributed by atoms with van der Waals surface area (Å²) in [4.78, 5) is 22.4. The van der Waals surface area contributed by atoms with E-state index in [2.05, 4.69) is 5.32 Å². The Morgan fingerprint density at radius 3 is 2.45 bits per heavy atom. The molecule has 1 rings (SSSR count). The van der Waals surface area contributed by atoms with Crippen molar-refractivity contribution < 1.29 is 14.7 Å². The molecule has 0 aliphatic heterocycles. The van der Waals surface area contributed by atoms with E-state index in [1.54, 1.807) is 12.1 Å². The van der Waals surface area contributed by atoms with Gasteiger partial charge in [-0.3, -0.25) is 9.59 Å². The summed E-state index contributed by atoms with van der Waals surface area (Å²) in [6.45, 7) is 5.77. The highest BCUT2D eigenvalue weighted by atomic mass is 35.5. The average Bonchev–Trinajstić information content (AvgIpc) is 2.28. The maximum Gasteiger partial charge on any atom is 0.305 e. The lowest BCUT2D eigenvalue weighted by molar-refractivity contribution is -0.137. The standard InChI is InChI=1S/C14H19ClN2O3/c1-14(2,3)11(7-12(18)19)17-10-5-4-8(15)6-9(10)13(16)20/h4-6,11,17H,7H2,1-3H3,(H2,16,20)(H,18,19). The van der Waals surface area contributed by atoms with Crippen molar-refractivity contribution in [2.75, 3.05) is 5.32 Å². The molecule has 1 aromatic carbocycles. The molecule has 0 heterocycles. The lowest BCUT2D eigenvalue weighted by Crippen LogP contribution is -2.36. The second-order valence-electron chi connectivity index (χ2n) is 5.71. The molecule has 0 radical (unpaired) electrons. The van der Waals surface area contributed by atoms with Gasteiger partial charge in [0.15, 0.2) is 0 Å². The van der Waals surface area contributed by atoms with Crippen molar-refractivity contribution in [1.82, 2.24) is 0 Å². The van der Waals surface area contributed by atoms with Crippen LogP contribution in [0.15, 0.2) is 18.2 Å². The van der Waals surface area contributed by atoms with Gasteiger partial charge in [0.1, 0.15) is 0 Å². The number of nitrogens with one attached hydrogen (secondary N) is 1. The van der Waals surface area contributed by atoms with Crippen LogP contribution in [0.1, 0.15) is 37.6 Å². The van der Waals surface area contributed by atoms with Gasteiger partial charge in [-0.25, -0.2) is 0 Å². The molecule has 0 fully saturated rings. The number of benzene rings is 1. The predicted molar refractivity (Wildman–Crippen MR) is 79.1 cm³/mol. The molecule has 0 saturated heterocycles. The van der Waals surface area contributed by atoms with Crippen LogP contribution >= 0.6 is 11.6 Å². The molecule has 5 nitrogen and oxygen atoms in total. The van der Waals surface area contributed by atoms with E-state index in [9.17, 15) is 9.59 Å². The first-order valence-electron chi connectivity index (χ1n) is 6.19. The number of halogens is 1. The number of carbonyl (C=O) groups is 2. The first kappa shape index (κ1) is 16.3. The lowest BCUT2D eigenvalue weighted by Gasteiger charge is -2.31. The van der Waals surface area contributed by atoms with E-state index in [-0.39, 0.29) is 23.4 Å². The van der Waals surface area contributed by atoms with E-state index < -0.39 is 11.9 Å². The van der Waals surface area contributed by atoms with Gasteiger partial charge in [-0.2, -0.15) is 0 Å². The van der Waals surface area contributed by atoms with Crippen molar-refractivity contribution in [3.8, 4) is 0 Å². The second kappa shape index (κ2) is 6.13. The number of nitrogens with two attached hydrogens (primary N) is 1. The predicted octanol–water partition coefficient (Wildman–Crippen LogP) is 2.74. The van der Waals surface area contributed by atoms with Crippen molar-refractivity contribution in [2.45, 2.75) is 33.2 Å². The van der Waals surface area contributed by atoms with Crippen molar-refractivity contribution in [1.29, 1.82) is 0 Å². The molecule has 0 aliphatic carbocycles. The van der Waals surface area contributed by atoms with Crippen molar-refractivity contribution >= 4 is 29.2 Å².